The third-order valence-electron chi connectivity index (χ3n) is 3.58. The number of aryl methyl sites for hydroxylation is 1. The van der Waals surface area contributed by atoms with Crippen LogP contribution in [0.25, 0.3) is 6.08 Å². The highest BCUT2D eigenvalue weighted by Gasteiger charge is 2.20. The van der Waals surface area contributed by atoms with Crippen molar-refractivity contribution in [3.8, 4) is 0 Å². The molecule has 2 heteroatoms. The molecule has 2 rings (SSSR count). The van der Waals surface area contributed by atoms with E-state index in [-0.39, 0.29) is 5.91 Å². The maximum atomic E-state index is 12.1. The fraction of sp³-hybridized carbons (Fsp3) is 0.438. The van der Waals surface area contributed by atoms with Gasteiger partial charge in [0.05, 0.1) is 0 Å². The highest BCUT2D eigenvalue weighted by atomic mass is 16.2. The van der Waals surface area contributed by atoms with Crippen LogP contribution in [0.4, 0.5) is 0 Å². The topological polar surface area (TPSA) is 20.3 Å². The molecule has 0 spiro atoms. The van der Waals surface area contributed by atoms with Crippen molar-refractivity contribution in [1.29, 1.82) is 0 Å². The monoisotopic (exact) mass is 243 g/mol. The number of amides is 1. The summed E-state index contributed by atoms with van der Waals surface area (Å²) in [5.74, 6) is 0.141. The van der Waals surface area contributed by atoms with Crippen molar-refractivity contribution in [1.82, 2.24) is 4.90 Å². The summed E-state index contributed by atoms with van der Waals surface area (Å²) < 4.78 is 0. The molecular formula is C16H21NO. The largest absolute Gasteiger partial charge is 0.336 e. The zero-order chi connectivity index (χ0) is 13.0. The molecule has 1 aliphatic rings. The second kappa shape index (κ2) is 5.85. The Morgan fingerprint density at radius 1 is 1.28 bits per heavy atom. The molecule has 1 fully saturated rings. The smallest absolute Gasteiger partial charge is 0.246 e. The van der Waals surface area contributed by atoms with Gasteiger partial charge in [-0.05, 0) is 44.7 Å². The van der Waals surface area contributed by atoms with Crippen molar-refractivity contribution in [2.75, 3.05) is 6.54 Å². The summed E-state index contributed by atoms with van der Waals surface area (Å²) in [6.07, 6.45) is 7.11. The van der Waals surface area contributed by atoms with Gasteiger partial charge in [-0.1, -0.05) is 29.8 Å². The number of nitrogens with zero attached hydrogens (tertiary/aromatic N) is 1. The number of hydrogen-bond acceptors (Lipinski definition) is 1. The molecule has 2 nitrogen and oxygen atoms in total. The molecule has 1 saturated heterocycles. The summed E-state index contributed by atoms with van der Waals surface area (Å²) in [6, 6.07) is 8.59. The van der Waals surface area contributed by atoms with Gasteiger partial charge >= 0.3 is 0 Å². The Kier molecular flexibility index (Phi) is 4.19. The summed E-state index contributed by atoms with van der Waals surface area (Å²) in [6.45, 7) is 5.10. The van der Waals surface area contributed by atoms with Crippen LogP contribution in [0, 0.1) is 6.92 Å². The van der Waals surface area contributed by atoms with Crippen LogP contribution in [-0.2, 0) is 4.79 Å². The van der Waals surface area contributed by atoms with Gasteiger partial charge in [-0.2, -0.15) is 0 Å². The first-order valence-electron chi connectivity index (χ1n) is 6.72. The normalized spacial score (nSPS) is 20.3. The molecule has 0 aromatic heterocycles. The zero-order valence-electron chi connectivity index (χ0n) is 11.2. The van der Waals surface area contributed by atoms with Crippen molar-refractivity contribution in [3.63, 3.8) is 0 Å². The van der Waals surface area contributed by atoms with E-state index in [1.54, 1.807) is 6.08 Å². The van der Waals surface area contributed by atoms with Gasteiger partial charge in [-0.3, -0.25) is 4.79 Å². The molecule has 1 amide bonds. The Bertz CT molecular complexity index is 433. The molecule has 96 valence electrons. The lowest BCUT2D eigenvalue weighted by Gasteiger charge is -2.32. The third-order valence-corrected chi connectivity index (χ3v) is 3.58. The molecule has 0 saturated carbocycles. The molecule has 0 N–H and O–H groups in total. The van der Waals surface area contributed by atoms with Crippen LogP contribution in [-0.4, -0.2) is 23.4 Å². The van der Waals surface area contributed by atoms with E-state index in [4.69, 9.17) is 0 Å². The Labute approximate surface area is 109 Å². The predicted octanol–water partition coefficient (Wildman–Crippen LogP) is 3.41. The molecular weight excluding hydrogens is 222 g/mol. The standard InChI is InChI=1S/C16H21NO/c1-13-6-8-15(9-7-13)10-11-16(18)17-12-4-3-5-14(17)2/h6-11,14H,3-5,12H2,1-2H3/b11-10+/t14-/m0/s1. The van der Waals surface area contributed by atoms with Gasteiger partial charge in [0.1, 0.15) is 0 Å². The van der Waals surface area contributed by atoms with Crippen molar-refractivity contribution in [2.45, 2.75) is 39.2 Å². The van der Waals surface area contributed by atoms with Gasteiger partial charge in [0.15, 0.2) is 0 Å². The highest BCUT2D eigenvalue weighted by molar-refractivity contribution is 5.92. The van der Waals surface area contributed by atoms with Crippen molar-refractivity contribution in [3.05, 3.63) is 41.5 Å². The van der Waals surface area contributed by atoms with E-state index in [9.17, 15) is 4.79 Å². The lowest BCUT2D eigenvalue weighted by atomic mass is 10.0. The first-order valence-corrected chi connectivity index (χ1v) is 6.72. The number of rotatable bonds is 2. The summed E-state index contributed by atoms with van der Waals surface area (Å²) in [5, 5.41) is 0. The fourth-order valence-corrected chi connectivity index (χ4v) is 2.37. The van der Waals surface area contributed by atoms with E-state index in [0.717, 1.165) is 24.9 Å². The van der Waals surface area contributed by atoms with E-state index in [0.29, 0.717) is 6.04 Å². The Hall–Kier alpha value is -1.57. The maximum Gasteiger partial charge on any atom is 0.246 e. The highest BCUT2D eigenvalue weighted by Crippen LogP contribution is 2.17. The number of carbonyl (C=O) groups is 1. The Morgan fingerprint density at radius 2 is 2.00 bits per heavy atom. The van der Waals surface area contributed by atoms with Crippen molar-refractivity contribution < 1.29 is 4.79 Å². The second-order valence-electron chi connectivity index (χ2n) is 5.12. The third kappa shape index (κ3) is 3.22. The first kappa shape index (κ1) is 12.9. The lowest BCUT2D eigenvalue weighted by Crippen LogP contribution is -2.41. The van der Waals surface area contributed by atoms with E-state index in [2.05, 4.69) is 26.0 Å². The molecule has 1 heterocycles. The van der Waals surface area contributed by atoms with Crippen LogP contribution >= 0.6 is 0 Å². The minimum atomic E-state index is 0.141. The van der Waals surface area contributed by atoms with E-state index < -0.39 is 0 Å². The molecule has 0 aliphatic carbocycles. The second-order valence-corrected chi connectivity index (χ2v) is 5.12. The zero-order valence-corrected chi connectivity index (χ0v) is 11.2. The fourth-order valence-electron chi connectivity index (χ4n) is 2.37. The van der Waals surface area contributed by atoms with E-state index >= 15 is 0 Å². The van der Waals surface area contributed by atoms with Crippen LogP contribution in [0.3, 0.4) is 0 Å². The Balaban J connectivity index is 1.99. The summed E-state index contributed by atoms with van der Waals surface area (Å²) in [7, 11) is 0. The van der Waals surface area contributed by atoms with Crippen molar-refractivity contribution in [2.24, 2.45) is 0 Å². The van der Waals surface area contributed by atoms with Gasteiger partial charge in [-0.15, -0.1) is 0 Å². The molecule has 1 aromatic carbocycles. The van der Waals surface area contributed by atoms with Crippen LogP contribution in [0.1, 0.15) is 37.3 Å². The van der Waals surface area contributed by atoms with Gasteiger partial charge < -0.3 is 4.90 Å². The number of carbonyl (C=O) groups excluding carboxylic acids is 1. The molecule has 0 bridgehead atoms. The number of hydrogen-bond donors (Lipinski definition) is 0. The molecule has 18 heavy (non-hydrogen) atoms. The van der Waals surface area contributed by atoms with E-state index in [1.165, 1.54) is 12.0 Å². The van der Waals surface area contributed by atoms with Gasteiger partial charge in [0.25, 0.3) is 0 Å². The first-order chi connectivity index (χ1) is 8.66. The Morgan fingerprint density at radius 3 is 2.67 bits per heavy atom. The van der Waals surface area contributed by atoms with Crippen LogP contribution in [0.15, 0.2) is 30.3 Å². The maximum absolute atomic E-state index is 12.1. The lowest BCUT2D eigenvalue weighted by molar-refractivity contribution is -0.129. The number of benzene rings is 1. The van der Waals surface area contributed by atoms with Crippen LogP contribution < -0.4 is 0 Å². The summed E-state index contributed by atoms with van der Waals surface area (Å²) in [5.41, 5.74) is 2.32. The molecule has 0 radical (unpaired) electrons. The average molecular weight is 243 g/mol. The molecule has 1 aromatic rings. The minimum Gasteiger partial charge on any atom is -0.336 e. The van der Waals surface area contributed by atoms with Crippen LogP contribution in [0.5, 0.6) is 0 Å². The van der Waals surface area contributed by atoms with E-state index in [1.807, 2.05) is 23.1 Å². The van der Waals surface area contributed by atoms with Crippen molar-refractivity contribution >= 4 is 12.0 Å². The number of likely N-dealkylation sites (tertiary alicyclic amines) is 1. The summed E-state index contributed by atoms with van der Waals surface area (Å²) >= 11 is 0. The van der Waals surface area contributed by atoms with Crippen LogP contribution in [0.2, 0.25) is 0 Å². The molecule has 1 atom stereocenters. The number of piperidine rings is 1. The quantitative estimate of drug-likeness (QED) is 0.729. The SMILES string of the molecule is Cc1ccc(/C=C/C(=O)N2CCCC[C@@H]2C)cc1. The molecule has 0 unspecified atom stereocenters. The van der Waals surface area contributed by atoms with Gasteiger partial charge in [-0.25, -0.2) is 0 Å². The minimum absolute atomic E-state index is 0.141. The predicted molar refractivity (Wildman–Crippen MR) is 75.2 cm³/mol. The van der Waals surface area contributed by atoms with Gasteiger partial charge in [0, 0.05) is 18.7 Å². The average Bonchev–Trinajstić information content (AvgIpc) is 2.38. The van der Waals surface area contributed by atoms with Gasteiger partial charge in [0.2, 0.25) is 5.91 Å². The molecule has 1 aliphatic heterocycles. The summed E-state index contributed by atoms with van der Waals surface area (Å²) in [4.78, 5) is 14.1.